The van der Waals surface area contributed by atoms with Crippen LogP contribution in [0.4, 0.5) is 5.82 Å². The van der Waals surface area contributed by atoms with E-state index in [0.717, 1.165) is 0 Å². The van der Waals surface area contributed by atoms with Gasteiger partial charge in [-0.3, -0.25) is 4.57 Å². The van der Waals surface area contributed by atoms with Gasteiger partial charge in [0.25, 0.3) is 0 Å². The van der Waals surface area contributed by atoms with Gasteiger partial charge in [-0.15, -0.1) is 0 Å². The largest absolute Gasteiger partial charge is 0.394 e. The molecule has 0 radical (unpaired) electrons. The van der Waals surface area contributed by atoms with Crippen LogP contribution in [0, 0.1) is 0 Å². The minimum absolute atomic E-state index is 0.176. The summed E-state index contributed by atoms with van der Waals surface area (Å²) >= 11 is 0. The molecule has 1 aliphatic heterocycles. The predicted molar refractivity (Wildman–Crippen MR) is 59.7 cm³/mol. The molecule has 1 aromatic heterocycles. The molecule has 2 heterocycles. The Balaban J connectivity index is 2.26. The molecule has 7 heteroatoms. The summed E-state index contributed by atoms with van der Waals surface area (Å²) in [5.74, 6) is 0.456. The van der Waals surface area contributed by atoms with E-state index in [4.69, 9.17) is 9.84 Å². The van der Waals surface area contributed by atoms with E-state index < -0.39 is 24.1 Å². The molecule has 1 aliphatic rings. The van der Waals surface area contributed by atoms with E-state index in [1.807, 2.05) is 0 Å². The quantitative estimate of drug-likeness (QED) is 0.623. The normalized spacial score (nSPS) is 28.3. The topological polar surface area (TPSA) is 96.6 Å². The van der Waals surface area contributed by atoms with Crippen molar-refractivity contribution in [2.75, 3.05) is 19.0 Å². The number of nitrogens with one attached hydrogen (secondary N) is 1. The van der Waals surface area contributed by atoms with E-state index >= 15 is 0 Å². The second-order valence-corrected chi connectivity index (χ2v) is 3.89. The number of aliphatic hydroxyl groups excluding tert-OH is 2. The number of anilines is 1. The zero-order chi connectivity index (χ0) is 12.4. The van der Waals surface area contributed by atoms with E-state index in [1.165, 1.54) is 10.8 Å². The van der Waals surface area contributed by atoms with Crippen molar-refractivity contribution in [3.05, 3.63) is 22.7 Å². The van der Waals surface area contributed by atoms with E-state index in [-0.39, 0.29) is 6.61 Å². The maximum absolute atomic E-state index is 11.7. The van der Waals surface area contributed by atoms with Gasteiger partial charge in [0.1, 0.15) is 11.9 Å². The average Bonchev–Trinajstić information content (AvgIpc) is 2.70. The van der Waals surface area contributed by atoms with Gasteiger partial charge in [-0.1, -0.05) is 0 Å². The molecule has 3 N–H and O–H groups in total. The first-order chi connectivity index (χ1) is 8.15. The van der Waals surface area contributed by atoms with Crippen LogP contribution in [0.25, 0.3) is 0 Å². The fraction of sp³-hybridized carbons (Fsp3) is 0.600. The van der Waals surface area contributed by atoms with Gasteiger partial charge in [-0.05, 0) is 6.07 Å². The first-order valence-corrected chi connectivity index (χ1v) is 5.37. The number of nitrogens with zero attached hydrogens (tertiary/aromatic N) is 2. The molecular formula is C10H15N3O4. The molecule has 1 saturated heterocycles. The second-order valence-electron chi connectivity index (χ2n) is 3.89. The number of hydrogen-bond acceptors (Lipinski definition) is 6. The lowest BCUT2D eigenvalue weighted by Gasteiger charge is -2.17. The van der Waals surface area contributed by atoms with E-state index in [0.29, 0.717) is 12.2 Å². The SMILES string of the molecule is CNc1ccn([C@@H]2O[C@H](CO)C[C@@H]2O)c(=O)n1. The van der Waals surface area contributed by atoms with Crippen molar-refractivity contribution >= 4 is 5.82 Å². The summed E-state index contributed by atoms with van der Waals surface area (Å²) in [6.07, 6.45) is -0.216. The van der Waals surface area contributed by atoms with Gasteiger partial charge in [0.05, 0.1) is 12.7 Å². The molecule has 0 saturated carbocycles. The van der Waals surface area contributed by atoms with Crippen molar-refractivity contribution in [2.24, 2.45) is 0 Å². The Labute approximate surface area is 97.7 Å². The first kappa shape index (κ1) is 12.0. The summed E-state index contributed by atoms with van der Waals surface area (Å²) in [4.78, 5) is 15.4. The number of aromatic nitrogens is 2. The van der Waals surface area contributed by atoms with Crippen molar-refractivity contribution < 1.29 is 14.9 Å². The molecule has 0 amide bonds. The Hall–Kier alpha value is -1.44. The van der Waals surface area contributed by atoms with Crippen LogP contribution in [-0.2, 0) is 4.74 Å². The molecule has 2 rings (SSSR count). The smallest absolute Gasteiger partial charge is 0.351 e. The van der Waals surface area contributed by atoms with Crippen LogP contribution in [-0.4, -0.2) is 45.6 Å². The summed E-state index contributed by atoms with van der Waals surface area (Å²) in [5, 5.41) is 21.5. The minimum Gasteiger partial charge on any atom is -0.394 e. The van der Waals surface area contributed by atoms with E-state index in [9.17, 15) is 9.90 Å². The van der Waals surface area contributed by atoms with Gasteiger partial charge >= 0.3 is 5.69 Å². The van der Waals surface area contributed by atoms with Gasteiger partial charge in [-0.2, -0.15) is 4.98 Å². The second kappa shape index (κ2) is 4.82. The lowest BCUT2D eigenvalue weighted by Crippen LogP contribution is -2.31. The molecule has 0 aliphatic carbocycles. The summed E-state index contributed by atoms with van der Waals surface area (Å²) in [6, 6.07) is 1.61. The molecule has 3 atom stereocenters. The zero-order valence-electron chi connectivity index (χ0n) is 9.41. The van der Waals surface area contributed by atoms with Crippen LogP contribution in [0.2, 0.25) is 0 Å². The van der Waals surface area contributed by atoms with Crippen molar-refractivity contribution in [3.8, 4) is 0 Å². The Kier molecular flexibility index (Phi) is 3.41. The van der Waals surface area contributed by atoms with Crippen LogP contribution >= 0.6 is 0 Å². The van der Waals surface area contributed by atoms with Gasteiger partial charge in [0, 0.05) is 19.7 Å². The summed E-state index contributed by atoms with van der Waals surface area (Å²) in [5.41, 5.74) is -0.500. The predicted octanol–water partition coefficient (Wildman–Crippen LogP) is -1.07. The van der Waals surface area contributed by atoms with Crippen LogP contribution in [0.5, 0.6) is 0 Å². The molecule has 7 nitrogen and oxygen atoms in total. The van der Waals surface area contributed by atoms with Crippen molar-refractivity contribution in [1.29, 1.82) is 0 Å². The van der Waals surface area contributed by atoms with Gasteiger partial charge in [0.15, 0.2) is 6.23 Å². The van der Waals surface area contributed by atoms with Crippen LogP contribution in [0.1, 0.15) is 12.6 Å². The summed E-state index contributed by atoms with van der Waals surface area (Å²) < 4.78 is 6.59. The average molecular weight is 241 g/mol. The van der Waals surface area contributed by atoms with Crippen molar-refractivity contribution in [3.63, 3.8) is 0 Å². The monoisotopic (exact) mass is 241 g/mol. The molecule has 1 fully saturated rings. The Bertz CT molecular complexity index is 447. The highest BCUT2D eigenvalue weighted by molar-refractivity contribution is 5.30. The van der Waals surface area contributed by atoms with Crippen molar-refractivity contribution in [1.82, 2.24) is 9.55 Å². The maximum Gasteiger partial charge on any atom is 0.351 e. The van der Waals surface area contributed by atoms with Crippen LogP contribution < -0.4 is 11.0 Å². The molecule has 1 aromatic rings. The highest BCUT2D eigenvalue weighted by atomic mass is 16.5. The lowest BCUT2D eigenvalue weighted by molar-refractivity contribution is -0.0529. The highest BCUT2D eigenvalue weighted by Crippen LogP contribution is 2.27. The number of ether oxygens (including phenoxy) is 1. The minimum atomic E-state index is -0.813. The van der Waals surface area contributed by atoms with Gasteiger partial charge in [0.2, 0.25) is 0 Å². The van der Waals surface area contributed by atoms with Crippen LogP contribution in [0.15, 0.2) is 17.1 Å². The number of aliphatic hydroxyl groups is 2. The molecule has 94 valence electrons. The molecule has 0 bridgehead atoms. The standard InChI is InChI=1S/C10H15N3O4/c1-11-8-2-3-13(10(16)12-8)9-7(15)4-6(5-14)17-9/h2-3,6-7,9,14-15H,4-5H2,1H3,(H,11,12,16)/t6-,7-,9+/m0/s1. The molecule has 17 heavy (non-hydrogen) atoms. The lowest BCUT2D eigenvalue weighted by atomic mass is 10.2. The van der Waals surface area contributed by atoms with E-state index in [1.54, 1.807) is 13.1 Å². The number of rotatable bonds is 3. The number of hydrogen-bond donors (Lipinski definition) is 3. The van der Waals surface area contributed by atoms with Crippen LogP contribution in [0.3, 0.4) is 0 Å². The van der Waals surface area contributed by atoms with Gasteiger partial charge < -0.3 is 20.3 Å². The Morgan fingerprint density at radius 3 is 3.00 bits per heavy atom. The fourth-order valence-corrected chi connectivity index (χ4v) is 1.84. The molecule has 0 spiro atoms. The molecule has 0 unspecified atom stereocenters. The Morgan fingerprint density at radius 2 is 2.47 bits per heavy atom. The Morgan fingerprint density at radius 1 is 1.71 bits per heavy atom. The summed E-state index contributed by atoms with van der Waals surface area (Å²) in [7, 11) is 1.66. The summed E-state index contributed by atoms with van der Waals surface area (Å²) in [6.45, 7) is -0.176. The maximum atomic E-state index is 11.7. The highest BCUT2D eigenvalue weighted by Gasteiger charge is 2.35. The van der Waals surface area contributed by atoms with Gasteiger partial charge in [-0.25, -0.2) is 4.79 Å². The third-order valence-corrected chi connectivity index (χ3v) is 2.73. The third-order valence-electron chi connectivity index (χ3n) is 2.73. The first-order valence-electron chi connectivity index (χ1n) is 5.37. The van der Waals surface area contributed by atoms with Crippen molar-refractivity contribution in [2.45, 2.75) is 24.9 Å². The third kappa shape index (κ3) is 2.31. The van der Waals surface area contributed by atoms with E-state index in [2.05, 4.69) is 10.3 Å². The fourth-order valence-electron chi connectivity index (χ4n) is 1.84. The molecular weight excluding hydrogens is 226 g/mol. The molecule has 0 aromatic carbocycles. The zero-order valence-corrected chi connectivity index (χ0v) is 9.41.